The Kier molecular flexibility index (Phi) is 4.47. The lowest BCUT2D eigenvalue weighted by molar-refractivity contribution is 0.559. The van der Waals surface area contributed by atoms with Crippen molar-refractivity contribution in [3.8, 4) is 0 Å². The average Bonchev–Trinajstić information content (AvgIpc) is 2.65. The first-order chi connectivity index (χ1) is 14.4. The number of hydrogen-bond donors (Lipinski definition) is 1. The second-order valence-electron chi connectivity index (χ2n) is 8.39. The van der Waals surface area contributed by atoms with Crippen molar-refractivity contribution in [2.24, 2.45) is 0 Å². The number of nitrogens with one attached hydrogen (secondary N) is 1. The molecule has 0 atom stereocenters. The molecular weight excluding hydrogens is 340 g/mol. The lowest BCUT2D eigenvalue weighted by atomic mass is 9.98. The molecule has 0 aliphatic heterocycles. The molecule has 3 aromatic carbocycles. The first kappa shape index (κ1) is 16.2. The Bertz CT molecular complexity index is 1060. The Balaban J connectivity index is 2.25. The molecule has 146 valence electrons. The fourth-order valence-corrected chi connectivity index (χ4v) is 3.69. The highest BCUT2D eigenvalue weighted by Crippen LogP contribution is 2.42. The molecule has 0 aromatic heterocycles. The van der Waals surface area contributed by atoms with E-state index in [0.717, 1.165) is 39.4 Å². The summed E-state index contributed by atoms with van der Waals surface area (Å²) in [6, 6.07) is 19.9. The number of para-hydroxylation sites is 4. The third-order valence-corrected chi connectivity index (χ3v) is 5.02. The molecule has 2 heteroatoms. The Morgan fingerprint density at radius 3 is 1.93 bits per heavy atom. The summed E-state index contributed by atoms with van der Waals surface area (Å²) in [7, 11) is 0. The normalized spacial score (nSPS) is 13.4. The van der Waals surface area contributed by atoms with E-state index in [1.54, 1.807) is 6.07 Å². The van der Waals surface area contributed by atoms with Crippen LogP contribution in [0.4, 0.5) is 22.7 Å². The van der Waals surface area contributed by atoms with Gasteiger partial charge in [-0.3, -0.25) is 0 Å². The second-order valence-corrected chi connectivity index (χ2v) is 8.39. The number of aryl methyl sites for hydroxylation is 4. The number of rotatable bonds is 4. The summed E-state index contributed by atoms with van der Waals surface area (Å²) in [6.07, 6.45) is 0. The van der Waals surface area contributed by atoms with Gasteiger partial charge in [0.2, 0.25) is 0 Å². The van der Waals surface area contributed by atoms with E-state index < -0.39 is 6.85 Å². The molecule has 3 aromatic rings. The molecule has 0 spiro atoms. The minimum absolute atomic E-state index is 0.356. The Hall–Kier alpha value is -2.74. The van der Waals surface area contributed by atoms with Crippen LogP contribution >= 0.6 is 0 Å². The largest absolute Gasteiger partial charge is 0.353 e. The van der Waals surface area contributed by atoms with Gasteiger partial charge in [0.1, 0.15) is 0 Å². The topological polar surface area (TPSA) is 15.3 Å². The zero-order chi connectivity index (χ0) is 23.0. The molecule has 0 aliphatic rings. The zero-order valence-corrected chi connectivity index (χ0v) is 17.7. The van der Waals surface area contributed by atoms with Crippen LogP contribution in [0.25, 0.3) is 0 Å². The van der Waals surface area contributed by atoms with Crippen LogP contribution < -0.4 is 10.2 Å². The highest BCUT2D eigenvalue weighted by molar-refractivity contribution is 5.83. The van der Waals surface area contributed by atoms with Gasteiger partial charge in [-0.05, 0) is 82.8 Å². The molecule has 0 radical (unpaired) electrons. The fourth-order valence-electron chi connectivity index (χ4n) is 3.69. The van der Waals surface area contributed by atoms with Crippen LogP contribution in [0.15, 0.2) is 60.7 Å². The first-order valence-electron chi connectivity index (χ1n) is 11.2. The predicted octanol–water partition coefficient (Wildman–Crippen LogP) is 7.60. The average molecular weight is 376 g/mol. The Labute approximate surface area is 174 Å². The predicted molar refractivity (Wildman–Crippen MR) is 123 cm³/mol. The minimum Gasteiger partial charge on any atom is -0.353 e. The van der Waals surface area contributed by atoms with Gasteiger partial charge in [0, 0.05) is 21.0 Å². The van der Waals surface area contributed by atoms with E-state index in [-0.39, 0.29) is 5.54 Å². The van der Waals surface area contributed by atoms with Crippen molar-refractivity contribution < 1.29 is 4.11 Å². The smallest absolute Gasteiger partial charge is 0.0655 e. The number of hydrogen-bond acceptors (Lipinski definition) is 2. The molecule has 1 N–H and O–H groups in total. The van der Waals surface area contributed by atoms with Crippen molar-refractivity contribution in [3.05, 3.63) is 82.9 Å². The summed E-state index contributed by atoms with van der Waals surface area (Å²) < 4.78 is 24.5. The molecule has 0 fully saturated rings. The molecule has 0 saturated carbocycles. The van der Waals surface area contributed by atoms with E-state index in [0.29, 0.717) is 5.56 Å². The van der Waals surface area contributed by atoms with Crippen LogP contribution in [0.1, 0.15) is 47.1 Å². The standard InChI is InChI=1S/C26H32N2/c1-18-12-10-13-19(2)24(18)27-22-16-8-9-17-23(22)28(26(5,6)7)25-20(3)14-11-15-21(25)4/h8-17,27H,1-7H3/i3D3. The van der Waals surface area contributed by atoms with E-state index in [1.807, 2.05) is 37.3 Å². The summed E-state index contributed by atoms with van der Waals surface area (Å²) in [5.41, 5.74) is 6.97. The van der Waals surface area contributed by atoms with E-state index in [2.05, 4.69) is 69.1 Å². The van der Waals surface area contributed by atoms with Gasteiger partial charge in [0.25, 0.3) is 0 Å². The lowest BCUT2D eigenvalue weighted by Crippen LogP contribution is -2.38. The third kappa shape index (κ3) is 3.91. The quantitative estimate of drug-likeness (QED) is 0.505. The molecule has 0 saturated heterocycles. The van der Waals surface area contributed by atoms with E-state index in [4.69, 9.17) is 4.11 Å². The third-order valence-electron chi connectivity index (χ3n) is 5.02. The molecule has 0 unspecified atom stereocenters. The molecule has 0 aliphatic carbocycles. The first-order valence-corrected chi connectivity index (χ1v) is 9.74. The molecular formula is C26H32N2. The maximum absolute atomic E-state index is 8.15. The van der Waals surface area contributed by atoms with Crippen LogP contribution in [0.2, 0.25) is 0 Å². The van der Waals surface area contributed by atoms with Gasteiger partial charge in [-0.15, -0.1) is 0 Å². The van der Waals surface area contributed by atoms with Crippen LogP contribution in [0.3, 0.4) is 0 Å². The SMILES string of the molecule is [2H]C([2H])([2H])c1cccc(C)c1N(c1ccccc1Nc1c(C)cccc1C)C(C)(C)C. The van der Waals surface area contributed by atoms with Gasteiger partial charge >= 0.3 is 0 Å². The summed E-state index contributed by atoms with van der Waals surface area (Å²) >= 11 is 0. The molecule has 3 rings (SSSR count). The number of anilines is 4. The number of nitrogens with zero attached hydrogens (tertiary/aromatic N) is 1. The van der Waals surface area contributed by atoms with Crippen molar-refractivity contribution in [3.63, 3.8) is 0 Å². The van der Waals surface area contributed by atoms with Gasteiger partial charge in [-0.25, -0.2) is 0 Å². The molecule has 2 nitrogen and oxygen atoms in total. The molecule has 0 heterocycles. The van der Waals surface area contributed by atoms with Crippen LogP contribution in [-0.2, 0) is 0 Å². The highest BCUT2D eigenvalue weighted by atomic mass is 15.2. The van der Waals surface area contributed by atoms with Crippen LogP contribution in [0.5, 0.6) is 0 Å². The van der Waals surface area contributed by atoms with Gasteiger partial charge in [-0.2, -0.15) is 0 Å². The maximum atomic E-state index is 8.15. The van der Waals surface area contributed by atoms with Crippen molar-refractivity contribution in [1.82, 2.24) is 0 Å². The second kappa shape index (κ2) is 7.71. The molecule has 0 amide bonds. The molecule has 0 bridgehead atoms. The lowest BCUT2D eigenvalue weighted by Gasteiger charge is -2.41. The van der Waals surface area contributed by atoms with Crippen molar-refractivity contribution in [2.45, 2.75) is 53.9 Å². The summed E-state index contributed by atoms with van der Waals surface area (Å²) in [5.74, 6) is 0. The summed E-state index contributed by atoms with van der Waals surface area (Å²) in [6.45, 7) is 10.3. The number of benzene rings is 3. The monoisotopic (exact) mass is 375 g/mol. The maximum Gasteiger partial charge on any atom is 0.0655 e. The zero-order valence-electron chi connectivity index (χ0n) is 20.7. The van der Waals surface area contributed by atoms with Gasteiger partial charge in [-0.1, -0.05) is 48.5 Å². The van der Waals surface area contributed by atoms with Crippen molar-refractivity contribution in [2.75, 3.05) is 10.2 Å². The summed E-state index contributed by atoms with van der Waals surface area (Å²) in [5, 5.41) is 3.63. The Morgan fingerprint density at radius 1 is 0.750 bits per heavy atom. The Morgan fingerprint density at radius 2 is 1.32 bits per heavy atom. The molecule has 28 heavy (non-hydrogen) atoms. The van der Waals surface area contributed by atoms with Gasteiger partial charge in [0.15, 0.2) is 0 Å². The van der Waals surface area contributed by atoms with E-state index in [9.17, 15) is 0 Å². The van der Waals surface area contributed by atoms with Gasteiger partial charge in [0.05, 0.1) is 11.4 Å². The van der Waals surface area contributed by atoms with Crippen LogP contribution in [-0.4, -0.2) is 5.54 Å². The summed E-state index contributed by atoms with van der Waals surface area (Å²) in [4.78, 5) is 2.15. The van der Waals surface area contributed by atoms with Crippen molar-refractivity contribution >= 4 is 22.7 Å². The minimum atomic E-state index is -2.21. The highest BCUT2D eigenvalue weighted by Gasteiger charge is 2.28. The van der Waals surface area contributed by atoms with E-state index >= 15 is 0 Å². The van der Waals surface area contributed by atoms with Crippen LogP contribution in [0, 0.1) is 27.6 Å². The van der Waals surface area contributed by atoms with Crippen molar-refractivity contribution in [1.29, 1.82) is 0 Å². The fraction of sp³-hybridized carbons (Fsp3) is 0.308. The van der Waals surface area contributed by atoms with E-state index in [1.165, 1.54) is 0 Å². The van der Waals surface area contributed by atoms with Gasteiger partial charge < -0.3 is 10.2 Å².